The fourth-order valence-corrected chi connectivity index (χ4v) is 2.56. The summed E-state index contributed by atoms with van der Waals surface area (Å²) in [6.07, 6.45) is 5.03. The van der Waals surface area contributed by atoms with Crippen LogP contribution in [0.5, 0.6) is 0 Å². The molecule has 1 heterocycles. The lowest BCUT2D eigenvalue weighted by Crippen LogP contribution is -2.04. The zero-order chi connectivity index (χ0) is 11.0. The standard InChI is InChI=1S/C14H16N2/c1-15-13-9-8-11-7-6-10-4-2-3-5-12(10)14(11)16-13/h6-9H,2-5H2,1H3,(H,15,16). The van der Waals surface area contributed by atoms with E-state index in [1.807, 2.05) is 13.1 Å². The van der Waals surface area contributed by atoms with E-state index < -0.39 is 0 Å². The largest absolute Gasteiger partial charge is 0.373 e. The molecule has 0 radical (unpaired) electrons. The topological polar surface area (TPSA) is 24.9 Å². The van der Waals surface area contributed by atoms with Crippen molar-refractivity contribution in [3.63, 3.8) is 0 Å². The van der Waals surface area contributed by atoms with Crippen LogP contribution in [0.25, 0.3) is 10.9 Å². The van der Waals surface area contributed by atoms with Gasteiger partial charge < -0.3 is 5.32 Å². The van der Waals surface area contributed by atoms with Crippen LogP contribution in [0.15, 0.2) is 24.3 Å². The zero-order valence-corrected chi connectivity index (χ0v) is 9.59. The molecular weight excluding hydrogens is 196 g/mol. The van der Waals surface area contributed by atoms with E-state index in [0.717, 1.165) is 5.82 Å². The number of hydrogen-bond acceptors (Lipinski definition) is 2. The quantitative estimate of drug-likeness (QED) is 0.785. The average molecular weight is 212 g/mol. The maximum Gasteiger partial charge on any atom is 0.126 e. The van der Waals surface area contributed by atoms with Crippen molar-refractivity contribution in [2.75, 3.05) is 12.4 Å². The van der Waals surface area contributed by atoms with Crippen molar-refractivity contribution in [1.29, 1.82) is 0 Å². The first-order valence-electron chi connectivity index (χ1n) is 5.98. The van der Waals surface area contributed by atoms with Gasteiger partial charge in [0.25, 0.3) is 0 Å². The third-order valence-electron chi connectivity index (χ3n) is 3.44. The number of benzene rings is 1. The monoisotopic (exact) mass is 212 g/mol. The highest BCUT2D eigenvalue weighted by atomic mass is 15.0. The van der Waals surface area contributed by atoms with Gasteiger partial charge in [0.05, 0.1) is 5.52 Å². The Balaban J connectivity index is 2.27. The molecule has 1 aromatic carbocycles. The number of hydrogen-bond donors (Lipinski definition) is 1. The van der Waals surface area contributed by atoms with E-state index in [1.54, 1.807) is 0 Å². The van der Waals surface area contributed by atoms with Gasteiger partial charge in [0.2, 0.25) is 0 Å². The smallest absolute Gasteiger partial charge is 0.126 e. The minimum absolute atomic E-state index is 0.964. The van der Waals surface area contributed by atoms with Gasteiger partial charge in [-0.05, 0) is 48.9 Å². The molecule has 1 aromatic heterocycles. The fraction of sp³-hybridized carbons (Fsp3) is 0.357. The molecular formula is C14H16N2. The van der Waals surface area contributed by atoms with E-state index in [1.165, 1.54) is 47.7 Å². The summed E-state index contributed by atoms with van der Waals surface area (Å²) in [4.78, 5) is 4.70. The van der Waals surface area contributed by atoms with Gasteiger partial charge in [0.1, 0.15) is 5.82 Å². The first-order chi connectivity index (χ1) is 7.88. The molecule has 0 atom stereocenters. The van der Waals surface area contributed by atoms with Crippen molar-refractivity contribution in [3.8, 4) is 0 Å². The van der Waals surface area contributed by atoms with Crippen LogP contribution in [0.3, 0.4) is 0 Å². The molecule has 1 aliphatic rings. The van der Waals surface area contributed by atoms with Gasteiger partial charge in [-0.15, -0.1) is 0 Å². The summed E-state index contributed by atoms with van der Waals surface area (Å²) in [7, 11) is 1.92. The van der Waals surface area contributed by atoms with Crippen molar-refractivity contribution in [1.82, 2.24) is 4.98 Å². The first-order valence-corrected chi connectivity index (χ1v) is 5.98. The first kappa shape index (κ1) is 9.64. The average Bonchev–Trinajstić information content (AvgIpc) is 2.38. The van der Waals surface area contributed by atoms with Crippen LogP contribution in [0, 0.1) is 0 Å². The van der Waals surface area contributed by atoms with Crippen molar-refractivity contribution in [2.24, 2.45) is 0 Å². The van der Waals surface area contributed by atoms with Crippen molar-refractivity contribution in [3.05, 3.63) is 35.4 Å². The maximum atomic E-state index is 4.70. The highest BCUT2D eigenvalue weighted by Gasteiger charge is 2.13. The lowest BCUT2D eigenvalue weighted by molar-refractivity contribution is 0.689. The Morgan fingerprint density at radius 3 is 2.75 bits per heavy atom. The zero-order valence-electron chi connectivity index (χ0n) is 9.59. The molecule has 0 amide bonds. The Kier molecular flexibility index (Phi) is 2.28. The molecule has 0 aliphatic heterocycles. The number of nitrogens with one attached hydrogen (secondary N) is 1. The van der Waals surface area contributed by atoms with Gasteiger partial charge in [-0.2, -0.15) is 0 Å². The SMILES string of the molecule is CNc1ccc2ccc3c(c2n1)CCCC3. The summed E-state index contributed by atoms with van der Waals surface area (Å²) < 4.78 is 0. The number of anilines is 1. The van der Waals surface area contributed by atoms with Gasteiger partial charge in [-0.25, -0.2) is 4.98 Å². The number of rotatable bonds is 1. The third-order valence-corrected chi connectivity index (χ3v) is 3.44. The second-order valence-corrected chi connectivity index (χ2v) is 4.43. The van der Waals surface area contributed by atoms with Gasteiger partial charge in [0.15, 0.2) is 0 Å². The highest BCUT2D eigenvalue weighted by Crippen LogP contribution is 2.28. The Labute approximate surface area is 95.7 Å². The van der Waals surface area contributed by atoms with Crippen LogP contribution in [-0.2, 0) is 12.8 Å². The second kappa shape index (κ2) is 3.78. The van der Waals surface area contributed by atoms with Crippen molar-refractivity contribution < 1.29 is 0 Å². The van der Waals surface area contributed by atoms with E-state index in [9.17, 15) is 0 Å². The maximum absolute atomic E-state index is 4.70. The Morgan fingerprint density at radius 2 is 1.88 bits per heavy atom. The molecule has 2 aromatic rings. The molecule has 0 bridgehead atoms. The second-order valence-electron chi connectivity index (χ2n) is 4.43. The minimum atomic E-state index is 0.964. The summed E-state index contributed by atoms with van der Waals surface area (Å²) in [6, 6.07) is 8.67. The lowest BCUT2D eigenvalue weighted by Gasteiger charge is -2.17. The molecule has 82 valence electrons. The molecule has 1 N–H and O–H groups in total. The summed E-state index contributed by atoms with van der Waals surface area (Å²) in [6.45, 7) is 0. The van der Waals surface area contributed by atoms with Crippen molar-refractivity contribution in [2.45, 2.75) is 25.7 Å². The molecule has 16 heavy (non-hydrogen) atoms. The Morgan fingerprint density at radius 1 is 1.06 bits per heavy atom. The molecule has 0 unspecified atom stereocenters. The van der Waals surface area contributed by atoms with Crippen LogP contribution in [0.4, 0.5) is 5.82 Å². The molecule has 2 heteroatoms. The molecule has 0 saturated heterocycles. The Bertz CT molecular complexity index is 526. The van der Waals surface area contributed by atoms with Gasteiger partial charge >= 0.3 is 0 Å². The van der Waals surface area contributed by atoms with Gasteiger partial charge in [-0.1, -0.05) is 12.1 Å². The van der Waals surface area contributed by atoms with Crippen LogP contribution < -0.4 is 5.32 Å². The lowest BCUT2D eigenvalue weighted by atomic mass is 9.90. The predicted octanol–water partition coefficient (Wildman–Crippen LogP) is 3.16. The number of fused-ring (bicyclic) bond motifs is 3. The molecule has 0 spiro atoms. The van der Waals surface area contributed by atoms with E-state index >= 15 is 0 Å². The summed E-state index contributed by atoms with van der Waals surface area (Å²) >= 11 is 0. The number of nitrogens with zero attached hydrogens (tertiary/aromatic N) is 1. The van der Waals surface area contributed by atoms with E-state index in [0.29, 0.717) is 0 Å². The van der Waals surface area contributed by atoms with Crippen LogP contribution in [0.2, 0.25) is 0 Å². The minimum Gasteiger partial charge on any atom is -0.373 e. The third kappa shape index (κ3) is 1.45. The van der Waals surface area contributed by atoms with Gasteiger partial charge in [-0.3, -0.25) is 0 Å². The summed E-state index contributed by atoms with van der Waals surface area (Å²) in [5, 5.41) is 4.38. The highest BCUT2D eigenvalue weighted by molar-refractivity contribution is 5.84. The molecule has 2 nitrogen and oxygen atoms in total. The normalized spacial score (nSPS) is 14.8. The fourth-order valence-electron chi connectivity index (χ4n) is 2.56. The van der Waals surface area contributed by atoms with Crippen LogP contribution in [0.1, 0.15) is 24.0 Å². The Hall–Kier alpha value is -1.57. The number of pyridine rings is 1. The van der Waals surface area contributed by atoms with E-state index in [-0.39, 0.29) is 0 Å². The summed E-state index contributed by atoms with van der Waals surface area (Å²) in [5.41, 5.74) is 4.17. The predicted molar refractivity (Wildman–Crippen MR) is 67.9 cm³/mol. The molecule has 1 aliphatic carbocycles. The van der Waals surface area contributed by atoms with Crippen LogP contribution >= 0.6 is 0 Å². The van der Waals surface area contributed by atoms with E-state index in [2.05, 4.69) is 23.5 Å². The molecule has 0 saturated carbocycles. The number of aryl methyl sites for hydroxylation is 2. The van der Waals surface area contributed by atoms with Gasteiger partial charge in [0, 0.05) is 12.4 Å². The molecule has 0 fully saturated rings. The summed E-state index contributed by atoms with van der Waals surface area (Å²) in [5.74, 6) is 0.964. The number of aromatic nitrogens is 1. The van der Waals surface area contributed by atoms with Crippen molar-refractivity contribution >= 4 is 16.7 Å². The van der Waals surface area contributed by atoms with Crippen LogP contribution in [-0.4, -0.2) is 12.0 Å². The van der Waals surface area contributed by atoms with E-state index in [4.69, 9.17) is 4.98 Å². The molecule has 3 rings (SSSR count).